The molecule has 0 spiro atoms. The van der Waals surface area contributed by atoms with Crippen molar-refractivity contribution in [3.05, 3.63) is 20.2 Å². The quantitative estimate of drug-likeness (QED) is 0.311. The molecule has 0 aliphatic carbocycles. The zero-order valence-electron chi connectivity index (χ0n) is 8.09. The molecule has 0 fully saturated rings. The van der Waals surface area contributed by atoms with Gasteiger partial charge in [0, 0.05) is 0 Å². The largest absolute Gasteiger partial charge is 0.412 e. The summed E-state index contributed by atoms with van der Waals surface area (Å²) >= 11 is 0. The molecule has 0 unspecified atom stereocenters. The first-order valence-corrected chi connectivity index (χ1v) is 4.17. The molecule has 90 valence electrons. The van der Waals surface area contributed by atoms with Crippen LogP contribution in [0.3, 0.4) is 0 Å². The van der Waals surface area contributed by atoms with Crippen LogP contribution in [0.4, 0.5) is 0 Å². The molecular formula is C6H14N2O7. The first-order valence-electron chi connectivity index (χ1n) is 4.17. The van der Waals surface area contributed by atoms with Crippen LogP contribution >= 0.6 is 0 Å². The van der Waals surface area contributed by atoms with Crippen LogP contribution in [0.2, 0.25) is 0 Å². The normalized spacial score (nSPS) is 8.80. The summed E-state index contributed by atoms with van der Waals surface area (Å²) in [5.41, 5.74) is 0. The molecule has 0 atom stereocenters. The third-order valence-corrected chi connectivity index (χ3v) is 1.43. The minimum Gasteiger partial charge on any atom is -0.412 e. The Kier molecular flexibility index (Phi) is 11.0. The summed E-state index contributed by atoms with van der Waals surface area (Å²) in [6.45, 7) is 0.145. The molecule has 0 aliphatic rings. The first-order chi connectivity index (χ1) is 6.63. The predicted molar refractivity (Wildman–Crippen MR) is 48.0 cm³/mol. The molecule has 0 saturated heterocycles. The summed E-state index contributed by atoms with van der Waals surface area (Å²) < 4.78 is 0. The lowest BCUT2D eigenvalue weighted by molar-refractivity contribution is -0.758. The van der Waals surface area contributed by atoms with E-state index in [1.807, 2.05) is 0 Å². The Morgan fingerprint density at radius 1 is 0.800 bits per heavy atom. The van der Waals surface area contributed by atoms with Crippen LogP contribution in [-0.2, 0) is 9.68 Å². The maximum Gasteiger partial charge on any atom is 0.294 e. The molecule has 0 amide bonds. The Hall–Kier alpha value is -1.64. The van der Waals surface area contributed by atoms with Crippen molar-refractivity contribution in [2.24, 2.45) is 0 Å². The van der Waals surface area contributed by atoms with Gasteiger partial charge in [-0.25, -0.2) is 0 Å². The molecule has 0 saturated carbocycles. The van der Waals surface area contributed by atoms with Crippen molar-refractivity contribution in [2.75, 3.05) is 13.2 Å². The lowest BCUT2D eigenvalue weighted by Crippen LogP contribution is -2.03. The van der Waals surface area contributed by atoms with Gasteiger partial charge in [-0.15, -0.1) is 20.2 Å². The smallest absolute Gasteiger partial charge is 0.294 e. The maximum absolute atomic E-state index is 9.70. The zero-order valence-corrected chi connectivity index (χ0v) is 8.09. The Morgan fingerprint density at radius 2 is 1.13 bits per heavy atom. The van der Waals surface area contributed by atoms with Crippen LogP contribution in [-0.4, -0.2) is 28.9 Å². The summed E-state index contributed by atoms with van der Waals surface area (Å²) in [4.78, 5) is 27.5. The van der Waals surface area contributed by atoms with Gasteiger partial charge < -0.3 is 15.2 Å². The van der Waals surface area contributed by atoms with Crippen molar-refractivity contribution in [3.8, 4) is 0 Å². The summed E-state index contributed by atoms with van der Waals surface area (Å²) in [5.74, 6) is 0. The van der Waals surface area contributed by atoms with Crippen molar-refractivity contribution in [3.63, 3.8) is 0 Å². The summed E-state index contributed by atoms with van der Waals surface area (Å²) in [7, 11) is 0. The van der Waals surface area contributed by atoms with E-state index in [-0.39, 0.29) is 18.7 Å². The fraction of sp³-hybridized carbons (Fsp3) is 1.00. The van der Waals surface area contributed by atoms with Crippen LogP contribution in [0.5, 0.6) is 0 Å². The third kappa shape index (κ3) is 15.1. The number of unbranched alkanes of at least 4 members (excludes halogenated alkanes) is 3. The average Bonchev–Trinajstić information content (AvgIpc) is 2.08. The number of rotatable bonds is 9. The van der Waals surface area contributed by atoms with Crippen LogP contribution < -0.4 is 0 Å². The van der Waals surface area contributed by atoms with Crippen LogP contribution in [0, 0.1) is 20.2 Å². The van der Waals surface area contributed by atoms with Gasteiger partial charge in [0.15, 0.2) is 0 Å². The van der Waals surface area contributed by atoms with E-state index in [0.29, 0.717) is 12.8 Å². The summed E-state index contributed by atoms with van der Waals surface area (Å²) in [6, 6.07) is 0. The Morgan fingerprint density at radius 3 is 1.40 bits per heavy atom. The highest BCUT2D eigenvalue weighted by Crippen LogP contribution is 2.00. The van der Waals surface area contributed by atoms with E-state index in [2.05, 4.69) is 9.68 Å². The molecular weight excluding hydrogens is 212 g/mol. The first kappa shape index (κ1) is 15.8. The second kappa shape index (κ2) is 10.4. The van der Waals surface area contributed by atoms with Gasteiger partial charge in [-0.3, -0.25) is 0 Å². The minimum absolute atomic E-state index is 0. The van der Waals surface area contributed by atoms with Crippen molar-refractivity contribution in [1.29, 1.82) is 0 Å². The molecule has 0 rings (SSSR count). The van der Waals surface area contributed by atoms with Crippen molar-refractivity contribution < 1.29 is 25.3 Å². The summed E-state index contributed by atoms with van der Waals surface area (Å²) in [5, 5.41) is 17.7. The highest BCUT2D eigenvalue weighted by Gasteiger charge is 1.96. The van der Waals surface area contributed by atoms with Crippen LogP contribution in [0.1, 0.15) is 25.7 Å². The molecule has 0 radical (unpaired) electrons. The van der Waals surface area contributed by atoms with E-state index in [1.54, 1.807) is 0 Å². The molecule has 0 aliphatic heterocycles. The van der Waals surface area contributed by atoms with Gasteiger partial charge in [0.1, 0.15) is 0 Å². The highest BCUT2D eigenvalue weighted by molar-refractivity contribution is 4.40. The fourth-order valence-corrected chi connectivity index (χ4v) is 0.836. The van der Waals surface area contributed by atoms with Crippen LogP contribution in [0.25, 0.3) is 0 Å². The van der Waals surface area contributed by atoms with E-state index >= 15 is 0 Å². The van der Waals surface area contributed by atoms with E-state index in [0.717, 1.165) is 12.8 Å². The van der Waals surface area contributed by atoms with Gasteiger partial charge >= 0.3 is 0 Å². The molecule has 0 heterocycles. The lowest BCUT2D eigenvalue weighted by Gasteiger charge is -1.99. The third-order valence-electron chi connectivity index (χ3n) is 1.43. The summed E-state index contributed by atoms with van der Waals surface area (Å²) in [6.07, 6.45) is 2.60. The minimum atomic E-state index is -0.837. The van der Waals surface area contributed by atoms with E-state index in [4.69, 9.17) is 0 Å². The zero-order chi connectivity index (χ0) is 10.8. The Bertz CT molecular complexity index is 166. The Balaban J connectivity index is 0. The molecule has 9 nitrogen and oxygen atoms in total. The van der Waals surface area contributed by atoms with Crippen molar-refractivity contribution in [1.82, 2.24) is 0 Å². The predicted octanol–water partition coefficient (Wildman–Crippen LogP) is 0.139. The molecule has 9 heteroatoms. The molecule has 0 aromatic carbocycles. The lowest BCUT2D eigenvalue weighted by atomic mass is 10.2. The van der Waals surface area contributed by atoms with E-state index in [1.165, 1.54) is 0 Å². The number of hydrogen-bond donors (Lipinski definition) is 0. The van der Waals surface area contributed by atoms with Gasteiger partial charge in [-0.1, -0.05) is 12.8 Å². The van der Waals surface area contributed by atoms with E-state index < -0.39 is 10.2 Å². The number of nitrogens with zero attached hydrogens (tertiary/aromatic N) is 2. The average molecular weight is 226 g/mol. The van der Waals surface area contributed by atoms with Gasteiger partial charge in [0.25, 0.3) is 10.2 Å². The number of hydrogen-bond acceptors (Lipinski definition) is 6. The second-order valence-corrected chi connectivity index (χ2v) is 2.53. The maximum atomic E-state index is 9.70. The fourth-order valence-electron chi connectivity index (χ4n) is 0.836. The van der Waals surface area contributed by atoms with Gasteiger partial charge in [-0.2, -0.15) is 0 Å². The van der Waals surface area contributed by atoms with E-state index in [9.17, 15) is 20.2 Å². The second-order valence-electron chi connectivity index (χ2n) is 2.53. The standard InChI is InChI=1S/C6H12N2O6.H2O/c9-7(10)13-5-3-1-2-4-6-14-8(11)12;/h1-6H2;1H2. The molecule has 15 heavy (non-hydrogen) atoms. The van der Waals surface area contributed by atoms with Crippen molar-refractivity contribution in [2.45, 2.75) is 25.7 Å². The monoisotopic (exact) mass is 226 g/mol. The topological polar surface area (TPSA) is 136 Å². The van der Waals surface area contributed by atoms with Crippen LogP contribution in [0.15, 0.2) is 0 Å². The SMILES string of the molecule is O.O=[N+]([O-])OCCCCCCO[N+](=O)[O-]. The van der Waals surface area contributed by atoms with Crippen molar-refractivity contribution >= 4 is 0 Å². The molecule has 0 aromatic rings. The van der Waals surface area contributed by atoms with Gasteiger partial charge in [0.2, 0.25) is 0 Å². The molecule has 0 bridgehead atoms. The molecule has 0 aromatic heterocycles. The Labute approximate surface area is 85.5 Å². The van der Waals surface area contributed by atoms with Gasteiger partial charge in [0.05, 0.1) is 13.2 Å². The highest BCUT2D eigenvalue weighted by atomic mass is 17.0. The molecule has 2 N–H and O–H groups in total. The van der Waals surface area contributed by atoms with Gasteiger partial charge in [-0.05, 0) is 12.8 Å².